The standard InChI is InChI=1S/C11H16O5/c1-11(2)15-8-5-6(10(13)14-3)4-7(12)9(8)16-11/h5,7-9,12H,4H2,1-3H3/t7-,8-,9+/m1/s1. The Kier molecular flexibility index (Phi) is 2.77. The predicted octanol–water partition coefficient (Wildman–Crippen LogP) is 0.370. The summed E-state index contributed by atoms with van der Waals surface area (Å²) in [4.78, 5) is 11.4. The lowest BCUT2D eigenvalue weighted by Gasteiger charge is -2.26. The molecule has 2 rings (SSSR count). The van der Waals surface area contributed by atoms with Gasteiger partial charge in [-0.05, 0) is 19.9 Å². The Morgan fingerprint density at radius 1 is 1.56 bits per heavy atom. The Morgan fingerprint density at radius 3 is 2.88 bits per heavy atom. The van der Waals surface area contributed by atoms with Crippen LogP contribution in [0.15, 0.2) is 11.6 Å². The van der Waals surface area contributed by atoms with E-state index < -0.39 is 24.0 Å². The van der Waals surface area contributed by atoms with Gasteiger partial charge in [-0.25, -0.2) is 4.79 Å². The molecule has 0 spiro atoms. The Morgan fingerprint density at radius 2 is 2.25 bits per heavy atom. The van der Waals surface area contributed by atoms with Crippen molar-refractivity contribution in [3.8, 4) is 0 Å². The Hall–Kier alpha value is -0.910. The van der Waals surface area contributed by atoms with Crippen LogP contribution in [0.5, 0.6) is 0 Å². The van der Waals surface area contributed by atoms with Gasteiger partial charge in [-0.1, -0.05) is 0 Å². The zero-order chi connectivity index (χ0) is 11.9. The van der Waals surface area contributed by atoms with E-state index in [2.05, 4.69) is 4.74 Å². The van der Waals surface area contributed by atoms with Crippen molar-refractivity contribution in [2.24, 2.45) is 0 Å². The van der Waals surface area contributed by atoms with Gasteiger partial charge in [0.2, 0.25) is 0 Å². The molecule has 16 heavy (non-hydrogen) atoms. The monoisotopic (exact) mass is 228 g/mol. The topological polar surface area (TPSA) is 65.0 Å². The van der Waals surface area contributed by atoms with Crippen LogP contribution in [0.25, 0.3) is 0 Å². The van der Waals surface area contributed by atoms with Crippen LogP contribution in [-0.4, -0.2) is 42.3 Å². The molecule has 0 aromatic rings. The summed E-state index contributed by atoms with van der Waals surface area (Å²) < 4.78 is 15.8. The van der Waals surface area contributed by atoms with Crippen molar-refractivity contribution in [1.82, 2.24) is 0 Å². The van der Waals surface area contributed by atoms with Crippen LogP contribution in [0.2, 0.25) is 0 Å². The molecule has 0 aromatic heterocycles. The summed E-state index contributed by atoms with van der Waals surface area (Å²) >= 11 is 0. The molecular weight excluding hydrogens is 212 g/mol. The predicted molar refractivity (Wildman–Crippen MR) is 54.5 cm³/mol. The number of carbonyl (C=O) groups is 1. The molecule has 90 valence electrons. The van der Waals surface area contributed by atoms with Gasteiger partial charge < -0.3 is 19.3 Å². The molecule has 0 bridgehead atoms. The maximum absolute atomic E-state index is 11.4. The Balaban J connectivity index is 2.21. The molecule has 0 saturated carbocycles. The highest BCUT2D eigenvalue weighted by atomic mass is 16.8. The van der Waals surface area contributed by atoms with Crippen molar-refractivity contribution in [2.75, 3.05) is 7.11 Å². The van der Waals surface area contributed by atoms with Crippen molar-refractivity contribution < 1.29 is 24.1 Å². The third-order valence-electron chi connectivity index (χ3n) is 2.78. The first-order chi connectivity index (χ1) is 7.43. The number of hydrogen-bond acceptors (Lipinski definition) is 5. The summed E-state index contributed by atoms with van der Waals surface area (Å²) in [6.45, 7) is 3.56. The minimum atomic E-state index is -0.731. The summed E-state index contributed by atoms with van der Waals surface area (Å²) in [5, 5.41) is 9.87. The molecule has 2 aliphatic rings. The fraction of sp³-hybridized carbons (Fsp3) is 0.727. The van der Waals surface area contributed by atoms with Gasteiger partial charge in [0.05, 0.1) is 13.2 Å². The maximum Gasteiger partial charge on any atom is 0.333 e. The lowest BCUT2D eigenvalue weighted by molar-refractivity contribution is -0.152. The number of carbonyl (C=O) groups excluding carboxylic acids is 1. The molecular formula is C11H16O5. The minimum absolute atomic E-state index is 0.243. The van der Waals surface area contributed by atoms with Crippen molar-refractivity contribution in [2.45, 2.75) is 44.4 Å². The van der Waals surface area contributed by atoms with Gasteiger partial charge in [0.1, 0.15) is 12.2 Å². The van der Waals surface area contributed by atoms with Crippen molar-refractivity contribution in [1.29, 1.82) is 0 Å². The lowest BCUT2D eigenvalue weighted by atomic mass is 9.92. The van der Waals surface area contributed by atoms with E-state index in [9.17, 15) is 9.90 Å². The van der Waals surface area contributed by atoms with Crippen molar-refractivity contribution in [3.05, 3.63) is 11.6 Å². The van der Waals surface area contributed by atoms with Crippen LogP contribution < -0.4 is 0 Å². The number of ether oxygens (including phenoxy) is 3. The van der Waals surface area contributed by atoms with Gasteiger partial charge in [-0.3, -0.25) is 0 Å². The number of aliphatic hydroxyl groups excluding tert-OH is 1. The molecule has 1 saturated heterocycles. The van der Waals surface area contributed by atoms with E-state index in [0.29, 0.717) is 5.57 Å². The number of esters is 1. The van der Waals surface area contributed by atoms with Crippen LogP contribution in [0, 0.1) is 0 Å². The van der Waals surface area contributed by atoms with Crippen LogP contribution in [0.4, 0.5) is 0 Å². The van der Waals surface area contributed by atoms with Gasteiger partial charge in [-0.2, -0.15) is 0 Å². The fourth-order valence-corrected chi connectivity index (χ4v) is 2.13. The molecule has 1 aliphatic heterocycles. The summed E-state index contributed by atoms with van der Waals surface area (Å²) in [5.41, 5.74) is 0.442. The molecule has 1 N–H and O–H groups in total. The highest BCUT2D eigenvalue weighted by Crippen LogP contribution is 2.36. The average molecular weight is 228 g/mol. The lowest BCUT2D eigenvalue weighted by Crippen LogP contribution is -2.39. The highest BCUT2D eigenvalue weighted by molar-refractivity contribution is 5.88. The minimum Gasteiger partial charge on any atom is -0.466 e. The number of fused-ring (bicyclic) bond motifs is 1. The number of hydrogen-bond donors (Lipinski definition) is 1. The zero-order valence-corrected chi connectivity index (χ0v) is 9.60. The highest BCUT2D eigenvalue weighted by Gasteiger charge is 2.46. The molecule has 0 amide bonds. The zero-order valence-electron chi connectivity index (χ0n) is 9.60. The van der Waals surface area contributed by atoms with Crippen molar-refractivity contribution in [3.63, 3.8) is 0 Å². The number of rotatable bonds is 1. The Labute approximate surface area is 94.0 Å². The van der Waals surface area contributed by atoms with E-state index in [0.717, 1.165) is 0 Å². The first kappa shape index (κ1) is 11.6. The van der Waals surface area contributed by atoms with Crippen LogP contribution in [0.3, 0.4) is 0 Å². The molecule has 1 heterocycles. The summed E-state index contributed by atoms with van der Waals surface area (Å²) in [6.07, 6.45) is 0.410. The van der Waals surface area contributed by atoms with Crippen LogP contribution in [-0.2, 0) is 19.0 Å². The summed E-state index contributed by atoms with van der Waals surface area (Å²) in [5.74, 6) is -1.15. The average Bonchev–Trinajstić information content (AvgIpc) is 2.52. The van der Waals surface area contributed by atoms with E-state index in [1.807, 2.05) is 0 Å². The fourth-order valence-electron chi connectivity index (χ4n) is 2.13. The molecule has 5 heteroatoms. The van der Waals surface area contributed by atoms with Gasteiger partial charge in [0, 0.05) is 12.0 Å². The van der Waals surface area contributed by atoms with Crippen LogP contribution in [0.1, 0.15) is 20.3 Å². The third kappa shape index (κ3) is 1.98. The third-order valence-corrected chi connectivity index (χ3v) is 2.78. The quantitative estimate of drug-likeness (QED) is 0.657. The summed E-state index contributed by atoms with van der Waals surface area (Å²) in [7, 11) is 1.32. The largest absolute Gasteiger partial charge is 0.466 e. The molecule has 1 aliphatic carbocycles. The first-order valence-electron chi connectivity index (χ1n) is 5.25. The number of methoxy groups -OCH3 is 1. The van der Waals surface area contributed by atoms with Gasteiger partial charge in [-0.15, -0.1) is 0 Å². The molecule has 0 radical (unpaired) electrons. The molecule has 0 unspecified atom stereocenters. The van der Waals surface area contributed by atoms with Crippen LogP contribution >= 0.6 is 0 Å². The number of aliphatic hydroxyl groups is 1. The molecule has 5 nitrogen and oxygen atoms in total. The second-order valence-corrected chi connectivity index (χ2v) is 4.52. The van der Waals surface area contributed by atoms with E-state index in [1.54, 1.807) is 19.9 Å². The SMILES string of the molecule is COC(=O)C1=C[C@H]2OC(C)(C)O[C@H]2[C@H](O)C1. The van der Waals surface area contributed by atoms with Gasteiger partial charge in [0.15, 0.2) is 5.79 Å². The van der Waals surface area contributed by atoms with Crippen molar-refractivity contribution >= 4 is 5.97 Å². The van der Waals surface area contributed by atoms with Gasteiger partial charge in [0.25, 0.3) is 0 Å². The van der Waals surface area contributed by atoms with E-state index in [1.165, 1.54) is 7.11 Å². The molecule has 0 aromatic carbocycles. The van der Waals surface area contributed by atoms with E-state index >= 15 is 0 Å². The summed E-state index contributed by atoms with van der Waals surface area (Å²) in [6, 6.07) is 0. The Bertz CT molecular complexity index is 333. The molecule has 3 atom stereocenters. The molecule has 1 fully saturated rings. The maximum atomic E-state index is 11.4. The normalized spacial score (nSPS) is 36.5. The van der Waals surface area contributed by atoms with Gasteiger partial charge >= 0.3 is 5.97 Å². The smallest absolute Gasteiger partial charge is 0.333 e. The van der Waals surface area contributed by atoms with E-state index in [-0.39, 0.29) is 12.5 Å². The first-order valence-corrected chi connectivity index (χ1v) is 5.25. The van der Waals surface area contributed by atoms with E-state index in [4.69, 9.17) is 9.47 Å². The second kappa shape index (κ2) is 3.84. The second-order valence-electron chi connectivity index (χ2n) is 4.52.